The fourth-order valence-corrected chi connectivity index (χ4v) is 4.25. The third-order valence-electron chi connectivity index (χ3n) is 5.73. The van der Waals surface area contributed by atoms with Crippen molar-refractivity contribution in [3.8, 4) is 11.5 Å². The summed E-state index contributed by atoms with van der Waals surface area (Å²) in [5.41, 5.74) is 2.04. The van der Waals surface area contributed by atoms with Crippen LogP contribution < -0.4 is 19.8 Å². The van der Waals surface area contributed by atoms with E-state index in [9.17, 15) is 9.59 Å². The van der Waals surface area contributed by atoms with Gasteiger partial charge < -0.3 is 13.9 Å². The smallest absolute Gasteiger partial charge is 0.296 e. The molecule has 0 saturated heterocycles. The van der Waals surface area contributed by atoms with Crippen molar-refractivity contribution in [2.24, 2.45) is 0 Å². The largest absolute Gasteiger partial charge is 0.493 e. The van der Waals surface area contributed by atoms with Gasteiger partial charge in [0.2, 0.25) is 5.76 Å². The first-order valence-corrected chi connectivity index (χ1v) is 10.7. The molecule has 5 rings (SSSR count). The molecule has 1 aliphatic heterocycles. The summed E-state index contributed by atoms with van der Waals surface area (Å²) in [5, 5.41) is 0.422. The van der Waals surface area contributed by atoms with Crippen molar-refractivity contribution in [1.82, 2.24) is 4.98 Å². The lowest BCUT2D eigenvalue weighted by Gasteiger charge is -2.25. The number of pyridine rings is 1. The highest BCUT2D eigenvalue weighted by Crippen LogP contribution is 2.42. The van der Waals surface area contributed by atoms with Crippen LogP contribution >= 0.6 is 0 Å². The molecular weight excluding hydrogens is 420 g/mol. The molecule has 1 aliphatic rings. The first-order valence-electron chi connectivity index (χ1n) is 10.7. The molecule has 0 aliphatic carbocycles. The maximum Gasteiger partial charge on any atom is 0.296 e. The van der Waals surface area contributed by atoms with Gasteiger partial charge in [0, 0.05) is 6.20 Å². The Morgan fingerprint density at radius 1 is 1.06 bits per heavy atom. The van der Waals surface area contributed by atoms with E-state index in [0.717, 1.165) is 5.56 Å². The highest BCUT2D eigenvalue weighted by atomic mass is 16.5. The number of methoxy groups -OCH3 is 1. The summed E-state index contributed by atoms with van der Waals surface area (Å²) in [4.78, 5) is 33.1. The molecule has 0 bridgehead atoms. The molecule has 7 nitrogen and oxygen atoms in total. The number of nitrogens with zero attached hydrogens (tertiary/aromatic N) is 2. The van der Waals surface area contributed by atoms with Crippen molar-refractivity contribution >= 4 is 22.7 Å². The average Bonchev–Trinajstić information content (AvgIpc) is 3.12. The molecule has 0 saturated carbocycles. The number of fused-ring (bicyclic) bond motifs is 2. The summed E-state index contributed by atoms with van der Waals surface area (Å²) in [7, 11) is 1.55. The molecule has 0 spiro atoms. The minimum atomic E-state index is -0.729. The number of carbonyl (C=O) groups is 1. The van der Waals surface area contributed by atoms with E-state index in [1.54, 1.807) is 49.7 Å². The minimum Gasteiger partial charge on any atom is -0.493 e. The summed E-state index contributed by atoms with van der Waals surface area (Å²) in [5.74, 6) is 1.15. The van der Waals surface area contributed by atoms with Crippen LogP contribution in [0.2, 0.25) is 0 Å². The minimum absolute atomic E-state index is 0.0276. The summed E-state index contributed by atoms with van der Waals surface area (Å²) in [6.07, 6.45) is 1.64. The number of aromatic nitrogens is 1. The van der Waals surface area contributed by atoms with E-state index in [1.165, 1.54) is 4.90 Å². The zero-order chi connectivity index (χ0) is 23.1. The molecular formula is C26H22N2O5. The van der Waals surface area contributed by atoms with Gasteiger partial charge in [-0.1, -0.05) is 18.2 Å². The number of aryl methyl sites for hydroxylation is 1. The van der Waals surface area contributed by atoms with Gasteiger partial charge in [-0.15, -0.1) is 0 Å². The standard InChI is InChI=1S/C26H22N2O5/c1-4-32-19-10-9-16(14-20(19)31-3)23-22-24(29)17-7-5-6-8-18(17)33-25(22)26(30)28(23)21-13-15(2)11-12-27-21/h5-14,23H,4H2,1-3H3. The lowest BCUT2D eigenvalue weighted by atomic mass is 9.98. The van der Waals surface area contributed by atoms with Crippen molar-refractivity contribution in [1.29, 1.82) is 0 Å². The van der Waals surface area contributed by atoms with Gasteiger partial charge in [-0.05, 0) is 61.4 Å². The molecule has 0 fully saturated rings. The molecule has 33 heavy (non-hydrogen) atoms. The van der Waals surface area contributed by atoms with Gasteiger partial charge in [0.15, 0.2) is 16.9 Å². The zero-order valence-electron chi connectivity index (χ0n) is 18.5. The van der Waals surface area contributed by atoms with Gasteiger partial charge in [-0.2, -0.15) is 0 Å². The highest BCUT2D eigenvalue weighted by molar-refractivity contribution is 6.10. The molecule has 2 aromatic heterocycles. The number of ether oxygens (including phenoxy) is 2. The van der Waals surface area contributed by atoms with Gasteiger partial charge >= 0.3 is 0 Å². The highest BCUT2D eigenvalue weighted by Gasteiger charge is 2.44. The van der Waals surface area contributed by atoms with Crippen molar-refractivity contribution in [2.75, 3.05) is 18.6 Å². The molecule has 1 atom stereocenters. The van der Waals surface area contributed by atoms with Gasteiger partial charge in [-0.25, -0.2) is 4.98 Å². The Hall–Kier alpha value is -4.13. The second-order valence-electron chi connectivity index (χ2n) is 7.78. The summed E-state index contributed by atoms with van der Waals surface area (Å²) < 4.78 is 17.1. The van der Waals surface area contributed by atoms with Crippen LogP contribution in [-0.2, 0) is 0 Å². The van der Waals surface area contributed by atoms with E-state index < -0.39 is 11.9 Å². The number of para-hydroxylation sites is 1. The molecule has 3 heterocycles. The van der Waals surface area contributed by atoms with Crippen molar-refractivity contribution in [2.45, 2.75) is 19.9 Å². The van der Waals surface area contributed by atoms with Crippen LogP contribution in [0.3, 0.4) is 0 Å². The molecule has 1 amide bonds. The van der Waals surface area contributed by atoms with Crippen molar-refractivity contribution in [3.05, 3.63) is 93.5 Å². The second-order valence-corrected chi connectivity index (χ2v) is 7.78. The van der Waals surface area contributed by atoms with Crippen LogP contribution in [0.1, 0.15) is 40.2 Å². The molecule has 0 radical (unpaired) electrons. The number of hydrogen-bond acceptors (Lipinski definition) is 6. The Morgan fingerprint density at radius 2 is 1.88 bits per heavy atom. The summed E-state index contributed by atoms with van der Waals surface area (Å²) in [6.45, 7) is 4.29. The molecule has 1 unspecified atom stereocenters. The van der Waals surface area contributed by atoms with Crippen LogP contribution in [0.5, 0.6) is 11.5 Å². The molecule has 166 valence electrons. The topological polar surface area (TPSA) is 81.9 Å². The predicted octanol–water partition coefficient (Wildman–Crippen LogP) is 4.65. The predicted molar refractivity (Wildman–Crippen MR) is 124 cm³/mol. The van der Waals surface area contributed by atoms with Gasteiger partial charge in [0.25, 0.3) is 5.91 Å². The Kier molecular flexibility index (Phi) is 5.09. The SMILES string of the molecule is CCOc1ccc(C2c3c(oc4ccccc4c3=O)C(=O)N2c2cc(C)ccn2)cc1OC. The Balaban J connectivity index is 1.79. The number of benzene rings is 2. The number of rotatable bonds is 5. The normalized spacial score (nSPS) is 15.1. The van der Waals surface area contributed by atoms with Crippen molar-refractivity contribution < 1.29 is 18.7 Å². The van der Waals surface area contributed by atoms with Gasteiger partial charge in [0.05, 0.1) is 30.7 Å². The summed E-state index contributed by atoms with van der Waals surface area (Å²) in [6, 6.07) is 15.3. The van der Waals surface area contributed by atoms with Gasteiger partial charge in [0.1, 0.15) is 11.4 Å². The Labute approximate surface area is 190 Å². The van der Waals surface area contributed by atoms with Crippen LogP contribution in [0.4, 0.5) is 5.82 Å². The fourth-order valence-electron chi connectivity index (χ4n) is 4.25. The summed E-state index contributed by atoms with van der Waals surface area (Å²) >= 11 is 0. The third-order valence-corrected chi connectivity index (χ3v) is 5.73. The van der Waals surface area contributed by atoms with Crippen LogP contribution in [0.25, 0.3) is 11.0 Å². The van der Waals surface area contributed by atoms with E-state index in [2.05, 4.69) is 4.98 Å². The van der Waals surface area contributed by atoms with Crippen molar-refractivity contribution in [3.63, 3.8) is 0 Å². The van der Waals surface area contributed by atoms with E-state index in [4.69, 9.17) is 13.9 Å². The maximum absolute atomic E-state index is 13.6. The zero-order valence-corrected chi connectivity index (χ0v) is 18.5. The number of carbonyl (C=O) groups excluding carboxylic acids is 1. The molecule has 7 heteroatoms. The van der Waals surface area contributed by atoms with E-state index >= 15 is 0 Å². The first kappa shape index (κ1) is 20.8. The van der Waals surface area contributed by atoms with E-state index in [-0.39, 0.29) is 16.8 Å². The second kappa shape index (κ2) is 8.09. The Bertz CT molecular complexity index is 1440. The van der Waals surface area contributed by atoms with Crippen LogP contribution in [0, 0.1) is 6.92 Å². The lowest BCUT2D eigenvalue weighted by Crippen LogP contribution is -2.30. The lowest BCUT2D eigenvalue weighted by molar-refractivity contribution is 0.0970. The fraction of sp³-hybridized carbons (Fsp3) is 0.192. The third kappa shape index (κ3) is 3.33. The quantitative estimate of drug-likeness (QED) is 0.447. The van der Waals surface area contributed by atoms with Gasteiger partial charge in [-0.3, -0.25) is 14.5 Å². The average molecular weight is 442 g/mol. The number of anilines is 1. The molecule has 4 aromatic rings. The monoisotopic (exact) mass is 442 g/mol. The first-order chi connectivity index (χ1) is 16.0. The number of amides is 1. The molecule has 2 aromatic carbocycles. The van der Waals surface area contributed by atoms with Crippen LogP contribution in [0.15, 0.2) is 70.0 Å². The van der Waals surface area contributed by atoms with E-state index in [1.807, 2.05) is 32.0 Å². The molecule has 0 N–H and O–H groups in total. The Morgan fingerprint density at radius 3 is 2.64 bits per heavy atom. The van der Waals surface area contributed by atoms with Crippen LogP contribution in [-0.4, -0.2) is 24.6 Å². The van der Waals surface area contributed by atoms with E-state index in [0.29, 0.717) is 40.5 Å². The maximum atomic E-state index is 13.6. The number of hydrogen-bond donors (Lipinski definition) is 0.